The Hall–Kier alpha value is -3.39. The van der Waals surface area contributed by atoms with Crippen LogP contribution in [-0.2, 0) is 5.41 Å². The van der Waals surface area contributed by atoms with Gasteiger partial charge >= 0.3 is 0 Å². The zero-order valence-corrected chi connectivity index (χ0v) is 18.6. The largest absolute Gasteiger partial charge is 0.486 e. The van der Waals surface area contributed by atoms with Crippen LogP contribution in [0.25, 0.3) is 16.7 Å². The molecule has 2 aromatic heterocycles. The van der Waals surface area contributed by atoms with Crippen molar-refractivity contribution in [2.45, 2.75) is 26.2 Å². The molecule has 0 unspecified atom stereocenters. The van der Waals surface area contributed by atoms with E-state index in [1.54, 1.807) is 28.9 Å². The Labute approximate surface area is 189 Å². The molecule has 0 spiro atoms. The van der Waals surface area contributed by atoms with E-state index in [0.717, 1.165) is 5.69 Å². The molecule has 0 fully saturated rings. The van der Waals surface area contributed by atoms with Gasteiger partial charge in [-0.2, -0.15) is 5.10 Å². The van der Waals surface area contributed by atoms with E-state index in [0.29, 0.717) is 53.1 Å². The summed E-state index contributed by atoms with van der Waals surface area (Å²) in [5.74, 6) is 1.94. The molecule has 0 saturated carbocycles. The van der Waals surface area contributed by atoms with Crippen LogP contribution in [0.3, 0.4) is 0 Å². The maximum atomic E-state index is 13.5. The van der Waals surface area contributed by atoms with E-state index in [9.17, 15) is 4.39 Å². The molecule has 7 nitrogen and oxygen atoms in total. The van der Waals surface area contributed by atoms with Crippen molar-refractivity contribution in [2.75, 3.05) is 18.5 Å². The van der Waals surface area contributed by atoms with Gasteiger partial charge in [-0.05, 0) is 24.3 Å². The summed E-state index contributed by atoms with van der Waals surface area (Å²) in [6, 6.07) is 11.6. The number of fused-ring (bicyclic) bond motifs is 2. The Morgan fingerprint density at radius 3 is 2.22 bits per heavy atom. The maximum Gasteiger partial charge on any atom is 0.172 e. The zero-order valence-electron chi connectivity index (χ0n) is 17.8. The van der Waals surface area contributed by atoms with Crippen LogP contribution in [0.4, 0.5) is 16.0 Å². The highest BCUT2D eigenvalue weighted by Crippen LogP contribution is 2.36. The van der Waals surface area contributed by atoms with Crippen molar-refractivity contribution in [3.63, 3.8) is 0 Å². The van der Waals surface area contributed by atoms with Crippen molar-refractivity contribution in [1.29, 1.82) is 0 Å². The maximum absolute atomic E-state index is 13.5. The molecule has 0 radical (unpaired) electrons. The molecule has 3 heterocycles. The lowest BCUT2D eigenvalue weighted by atomic mass is 9.92. The van der Waals surface area contributed by atoms with Gasteiger partial charge in [0.05, 0.1) is 22.4 Å². The van der Waals surface area contributed by atoms with Gasteiger partial charge in [0.2, 0.25) is 0 Å². The molecule has 0 bridgehead atoms. The summed E-state index contributed by atoms with van der Waals surface area (Å²) >= 11 is 6.46. The molecule has 5 rings (SSSR count). The van der Waals surface area contributed by atoms with E-state index in [1.807, 2.05) is 6.07 Å². The van der Waals surface area contributed by atoms with Crippen molar-refractivity contribution in [3.8, 4) is 17.2 Å². The number of benzene rings is 2. The van der Waals surface area contributed by atoms with Crippen LogP contribution in [0, 0.1) is 5.82 Å². The lowest BCUT2D eigenvalue weighted by Crippen LogP contribution is -2.15. The predicted molar refractivity (Wildman–Crippen MR) is 121 cm³/mol. The van der Waals surface area contributed by atoms with Crippen molar-refractivity contribution < 1.29 is 13.9 Å². The molecule has 1 aliphatic heterocycles. The second-order valence-electron chi connectivity index (χ2n) is 8.53. The summed E-state index contributed by atoms with van der Waals surface area (Å²) in [5.41, 5.74) is 2.58. The molecule has 32 heavy (non-hydrogen) atoms. The summed E-state index contributed by atoms with van der Waals surface area (Å²) < 4.78 is 26.4. The number of ether oxygens (including phenoxy) is 2. The van der Waals surface area contributed by atoms with Crippen LogP contribution in [0.15, 0.2) is 42.5 Å². The first-order valence-corrected chi connectivity index (χ1v) is 10.6. The Morgan fingerprint density at radius 1 is 0.969 bits per heavy atom. The minimum absolute atomic E-state index is 0.197. The third kappa shape index (κ3) is 3.82. The first-order valence-electron chi connectivity index (χ1n) is 10.2. The summed E-state index contributed by atoms with van der Waals surface area (Å²) in [5, 5.41) is 8.19. The van der Waals surface area contributed by atoms with Crippen LogP contribution < -0.4 is 14.8 Å². The van der Waals surface area contributed by atoms with E-state index < -0.39 is 0 Å². The smallest absolute Gasteiger partial charge is 0.172 e. The van der Waals surface area contributed by atoms with Gasteiger partial charge in [0.25, 0.3) is 0 Å². The molecule has 1 N–H and O–H groups in total. The van der Waals surface area contributed by atoms with Crippen molar-refractivity contribution in [2.24, 2.45) is 0 Å². The lowest BCUT2D eigenvalue weighted by molar-refractivity contribution is 0.172. The van der Waals surface area contributed by atoms with Gasteiger partial charge in [-0.1, -0.05) is 32.4 Å². The summed E-state index contributed by atoms with van der Waals surface area (Å²) in [4.78, 5) is 9.13. The van der Waals surface area contributed by atoms with E-state index in [2.05, 4.69) is 36.1 Å². The molecule has 164 valence electrons. The number of rotatable bonds is 3. The standard InChI is InChI=1S/C23H21ClFN5O2/c1-23(2,3)19-12-20(30(29-19)14-6-4-13(25)5-7-14)28-22-21(24)26-15-10-17-18(11-16(15)27-22)32-9-8-31-17/h4-7,10-12H,8-9H2,1-3H3,(H,27,28). The molecule has 9 heteroatoms. The molecule has 4 aromatic rings. The fraction of sp³-hybridized carbons (Fsp3) is 0.261. The fourth-order valence-corrected chi connectivity index (χ4v) is 3.57. The molecule has 0 aliphatic carbocycles. The average molecular weight is 454 g/mol. The number of halogens is 2. The minimum Gasteiger partial charge on any atom is -0.486 e. The van der Waals surface area contributed by atoms with Crippen molar-refractivity contribution in [1.82, 2.24) is 19.7 Å². The number of hydrogen-bond donors (Lipinski definition) is 1. The Morgan fingerprint density at radius 2 is 1.59 bits per heavy atom. The normalized spacial score (nSPS) is 13.4. The van der Waals surface area contributed by atoms with Crippen molar-refractivity contribution in [3.05, 3.63) is 59.1 Å². The first kappa shape index (κ1) is 20.5. The van der Waals surface area contributed by atoms with E-state index in [-0.39, 0.29) is 16.4 Å². The fourth-order valence-electron chi connectivity index (χ4n) is 3.39. The molecular formula is C23H21ClFN5O2. The molecule has 2 aromatic carbocycles. The SMILES string of the molecule is CC(C)(C)c1cc(Nc2nc3cc4c(cc3nc2Cl)OCCO4)n(-c2ccc(F)cc2)n1. The van der Waals surface area contributed by atoms with E-state index in [1.165, 1.54) is 12.1 Å². The van der Waals surface area contributed by atoms with Crippen LogP contribution >= 0.6 is 11.6 Å². The number of hydrogen-bond acceptors (Lipinski definition) is 6. The molecule has 1 aliphatic rings. The summed E-state index contributed by atoms with van der Waals surface area (Å²) in [6.07, 6.45) is 0. The Bertz CT molecular complexity index is 1310. The van der Waals surface area contributed by atoms with Crippen LogP contribution in [0.5, 0.6) is 11.5 Å². The predicted octanol–water partition coefficient (Wildman–Crippen LogP) is 5.42. The van der Waals surface area contributed by atoms with Gasteiger partial charge in [0.15, 0.2) is 22.5 Å². The third-order valence-corrected chi connectivity index (χ3v) is 5.34. The van der Waals surface area contributed by atoms with Crippen LogP contribution in [0.1, 0.15) is 26.5 Å². The topological polar surface area (TPSA) is 74.1 Å². The number of anilines is 2. The number of aromatic nitrogens is 4. The second-order valence-corrected chi connectivity index (χ2v) is 8.88. The molecular weight excluding hydrogens is 433 g/mol. The Balaban J connectivity index is 1.58. The first-order chi connectivity index (χ1) is 15.3. The quantitative estimate of drug-likeness (QED) is 0.446. The average Bonchev–Trinajstić information content (AvgIpc) is 3.18. The van der Waals surface area contributed by atoms with Crippen LogP contribution in [-0.4, -0.2) is 33.0 Å². The zero-order chi connectivity index (χ0) is 22.5. The highest BCUT2D eigenvalue weighted by Gasteiger charge is 2.22. The highest BCUT2D eigenvalue weighted by atomic mass is 35.5. The number of nitrogens with zero attached hydrogens (tertiary/aromatic N) is 4. The second kappa shape index (κ2) is 7.63. The van der Waals surface area contributed by atoms with Gasteiger partial charge < -0.3 is 14.8 Å². The molecule has 0 saturated heterocycles. The third-order valence-electron chi connectivity index (χ3n) is 5.08. The Kier molecular flexibility index (Phi) is 4.89. The molecule has 0 atom stereocenters. The summed E-state index contributed by atoms with van der Waals surface area (Å²) in [7, 11) is 0. The lowest BCUT2D eigenvalue weighted by Gasteiger charge is -2.18. The van der Waals surface area contributed by atoms with Gasteiger partial charge in [0.1, 0.15) is 24.8 Å². The van der Waals surface area contributed by atoms with Gasteiger partial charge in [-0.15, -0.1) is 0 Å². The van der Waals surface area contributed by atoms with Crippen LogP contribution in [0.2, 0.25) is 5.15 Å². The number of nitrogens with one attached hydrogen (secondary N) is 1. The van der Waals surface area contributed by atoms with Crippen molar-refractivity contribution >= 4 is 34.3 Å². The monoisotopic (exact) mass is 453 g/mol. The minimum atomic E-state index is -0.315. The van der Waals surface area contributed by atoms with Gasteiger partial charge in [0, 0.05) is 23.6 Å². The summed E-state index contributed by atoms with van der Waals surface area (Å²) in [6.45, 7) is 7.19. The van der Waals surface area contributed by atoms with E-state index in [4.69, 9.17) is 26.2 Å². The van der Waals surface area contributed by atoms with E-state index >= 15 is 0 Å². The highest BCUT2D eigenvalue weighted by molar-refractivity contribution is 6.32. The molecule has 0 amide bonds. The van der Waals surface area contributed by atoms with Gasteiger partial charge in [-0.25, -0.2) is 19.0 Å². The van der Waals surface area contributed by atoms with Gasteiger partial charge in [-0.3, -0.25) is 0 Å².